The SMILES string of the molecule is Cc1ccc(C(=O)NCCN2CCCC2)c(C2CCN(C(=O)Nc3cccc(Cl)c3)CC2)n1. The first kappa shape index (κ1) is 23.5. The lowest BCUT2D eigenvalue weighted by atomic mass is 9.90. The molecular formula is C25H32ClN5O2. The van der Waals surface area contributed by atoms with Crippen molar-refractivity contribution in [2.24, 2.45) is 0 Å². The summed E-state index contributed by atoms with van der Waals surface area (Å²) in [6.07, 6.45) is 4.03. The second-order valence-corrected chi connectivity index (χ2v) is 9.33. The lowest BCUT2D eigenvalue weighted by molar-refractivity contribution is 0.0946. The fourth-order valence-electron chi connectivity index (χ4n) is 4.63. The molecule has 2 aliphatic heterocycles. The van der Waals surface area contributed by atoms with Gasteiger partial charge in [-0.15, -0.1) is 0 Å². The average Bonchev–Trinajstić information content (AvgIpc) is 3.32. The molecule has 2 N–H and O–H groups in total. The van der Waals surface area contributed by atoms with Crippen molar-refractivity contribution < 1.29 is 9.59 Å². The van der Waals surface area contributed by atoms with Crippen molar-refractivity contribution in [3.63, 3.8) is 0 Å². The topological polar surface area (TPSA) is 77.6 Å². The molecule has 0 bridgehead atoms. The van der Waals surface area contributed by atoms with E-state index in [1.54, 1.807) is 12.1 Å². The second kappa shape index (κ2) is 11.0. The van der Waals surface area contributed by atoms with E-state index in [1.165, 1.54) is 12.8 Å². The van der Waals surface area contributed by atoms with Crippen LogP contribution in [0.25, 0.3) is 0 Å². The predicted molar refractivity (Wildman–Crippen MR) is 131 cm³/mol. The fraction of sp³-hybridized carbons (Fsp3) is 0.480. The molecule has 1 aromatic carbocycles. The van der Waals surface area contributed by atoms with Crippen LogP contribution >= 0.6 is 11.6 Å². The largest absolute Gasteiger partial charge is 0.351 e. The maximum atomic E-state index is 12.9. The number of likely N-dealkylation sites (tertiary alicyclic amines) is 2. The van der Waals surface area contributed by atoms with E-state index in [0.29, 0.717) is 35.9 Å². The summed E-state index contributed by atoms with van der Waals surface area (Å²) in [5.41, 5.74) is 3.09. The molecule has 3 heterocycles. The Labute approximate surface area is 200 Å². The monoisotopic (exact) mass is 469 g/mol. The maximum absolute atomic E-state index is 12.9. The number of amides is 3. The number of piperidine rings is 1. The van der Waals surface area contributed by atoms with Gasteiger partial charge in [-0.3, -0.25) is 9.78 Å². The van der Waals surface area contributed by atoms with Crippen LogP contribution in [0.1, 0.15) is 53.3 Å². The molecule has 7 nitrogen and oxygen atoms in total. The van der Waals surface area contributed by atoms with Crippen LogP contribution in [0.2, 0.25) is 5.02 Å². The Morgan fingerprint density at radius 1 is 1.09 bits per heavy atom. The summed E-state index contributed by atoms with van der Waals surface area (Å²) < 4.78 is 0. The van der Waals surface area contributed by atoms with Gasteiger partial charge in [-0.05, 0) is 76.0 Å². The molecule has 0 radical (unpaired) electrons. The molecule has 8 heteroatoms. The van der Waals surface area contributed by atoms with Crippen molar-refractivity contribution in [1.82, 2.24) is 20.1 Å². The van der Waals surface area contributed by atoms with Gasteiger partial charge in [0, 0.05) is 48.5 Å². The van der Waals surface area contributed by atoms with Crippen LogP contribution in [0.15, 0.2) is 36.4 Å². The van der Waals surface area contributed by atoms with Gasteiger partial charge in [0.25, 0.3) is 5.91 Å². The van der Waals surface area contributed by atoms with Gasteiger partial charge in [-0.25, -0.2) is 4.79 Å². The minimum absolute atomic E-state index is 0.0576. The number of nitrogens with zero attached hydrogens (tertiary/aromatic N) is 3. The van der Waals surface area contributed by atoms with Gasteiger partial charge in [-0.1, -0.05) is 17.7 Å². The number of halogens is 1. The van der Waals surface area contributed by atoms with Crippen molar-refractivity contribution >= 4 is 29.2 Å². The fourth-order valence-corrected chi connectivity index (χ4v) is 4.82. The molecule has 0 aliphatic carbocycles. The van der Waals surface area contributed by atoms with Gasteiger partial charge in [0.05, 0.1) is 11.3 Å². The van der Waals surface area contributed by atoms with Crippen molar-refractivity contribution in [2.45, 2.75) is 38.5 Å². The van der Waals surface area contributed by atoms with Crippen molar-refractivity contribution in [3.8, 4) is 0 Å². The van der Waals surface area contributed by atoms with E-state index in [0.717, 1.165) is 43.9 Å². The molecule has 2 saturated heterocycles. The molecule has 0 spiro atoms. The molecule has 0 atom stereocenters. The lowest BCUT2D eigenvalue weighted by Gasteiger charge is -2.32. The third kappa shape index (κ3) is 6.24. The van der Waals surface area contributed by atoms with Crippen molar-refractivity contribution in [2.75, 3.05) is 44.6 Å². The number of nitrogens with one attached hydrogen (secondary N) is 2. The molecule has 2 aliphatic rings. The summed E-state index contributed by atoms with van der Waals surface area (Å²) in [7, 11) is 0. The van der Waals surface area contributed by atoms with Crippen LogP contribution in [-0.4, -0.2) is 66.0 Å². The number of rotatable bonds is 6. The Morgan fingerprint density at radius 3 is 2.58 bits per heavy atom. The summed E-state index contributed by atoms with van der Waals surface area (Å²) in [6.45, 7) is 6.96. The predicted octanol–water partition coefficient (Wildman–Crippen LogP) is 4.28. The van der Waals surface area contributed by atoms with E-state index in [1.807, 2.05) is 36.1 Å². The summed E-state index contributed by atoms with van der Waals surface area (Å²) in [5, 5.41) is 6.57. The Kier molecular flexibility index (Phi) is 7.83. The number of hydrogen-bond donors (Lipinski definition) is 2. The molecule has 2 fully saturated rings. The van der Waals surface area contributed by atoms with Gasteiger partial charge in [0.1, 0.15) is 0 Å². The quantitative estimate of drug-likeness (QED) is 0.662. The zero-order chi connectivity index (χ0) is 23.2. The van der Waals surface area contributed by atoms with Crippen molar-refractivity contribution in [1.29, 1.82) is 0 Å². The molecule has 2 aromatic rings. The molecule has 4 rings (SSSR count). The Bertz CT molecular complexity index is 985. The van der Waals surface area contributed by atoms with Crippen LogP contribution < -0.4 is 10.6 Å². The third-order valence-corrected chi connectivity index (χ3v) is 6.70. The third-order valence-electron chi connectivity index (χ3n) is 6.47. The molecular weight excluding hydrogens is 438 g/mol. The lowest BCUT2D eigenvalue weighted by Crippen LogP contribution is -2.41. The highest BCUT2D eigenvalue weighted by Gasteiger charge is 2.28. The summed E-state index contributed by atoms with van der Waals surface area (Å²) >= 11 is 6.01. The number of pyridine rings is 1. The van der Waals surface area contributed by atoms with Gasteiger partial charge in [0.15, 0.2) is 0 Å². The van der Waals surface area contributed by atoms with Crippen LogP contribution in [0.4, 0.5) is 10.5 Å². The van der Waals surface area contributed by atoms with Gasteiger partial charge < -0.3 is 20.4 Å². The Hall–Kier alpha value is -2.64. The highest BCUT2D eigenvalue weighted by atomic mass is 35.5. The van der Waals surface area contributed by atoms with Gasteiger partial charge in [0.2, 0.25) is 0 Å². The van der Waals surface area contributed by atoms with Crippen molar-refractivity contribution in [3.05, 3.63) is 58.4 Å². The van der Waals surface area contributed by atoms with E-state index in [9.17, 15) is 9.59 Å². The number of carbonyl (C=O) groups is 2. The zero-order valence-corrected chi connectivity index (χ0v) is 19.9. The van der Waals surface area contributed by atoms with Crippen LogP contribution in [0.3, 0.4) is 0 Å². The summed E-state index contributed by atoms with van der Waals surface area (Å²) in [5.74, 6) is 0.0947. The van der Waals surface area contributed by atoms with E-state index in [-0.39, 0.29) is 17.9 Å². The standard InChI is InChI=1S/C25H32ClN5O2/c1-18-7-8-22(24(32)27-11-16-30-12-2-3-13-30)23(28-18)19-9-14-31(15-10-19)25(33)29-21-6-4-5-20(26)17-21/h4-8,17,19H,2-3,9-16H2,1H3,(H,27,32)(H,29,33). The van der Waals surface area contributed by atoms with E-state index < -0.39 is 0 Å². The zero-order valence-electron chi connectivity index (χ0n) is 19.1. The molecule has 1 aromatic heterocycles. The number of hydrogen-bond acceptors (Lipinski definition) is 4. The molecule has 3 amide bonds. The normalized spacial score (nSPS) is 17.2. The number of anilines is 1. The highest BCUT2D eigenvalue weighted by molar-refractivity contribution is 6.30. The Morgan fingerprint density at radius 2 is 1.85 bits per heavy atom. The first-order chi connectivity index (χ1) is 16.0. The summed E-state index contributed by atoms with van der Waals surface area (Å²) in [4.78, 5) is 34.5. The summed E-state index contributed by atoms with van der Waals surface area (Å²) in [6, 6.07) is 10.8. The van der Waals surface area contributed by atoms with Crippen LogP contribution in [-0.2, 0) is 0 Å². The molecule has 0 unspecified atom stereocenters. The van der Waals surface area contributed by atoms with Gasteiger partial charge in [-0.2, -0.15) is 0 Å². The van der Waals surface area contributed by atoms with Gasteiger partial charge >= 0.3 is 6.03 Å². The molecule has 176 valence electrons. The second-order valence-electron chi connectivity index (χ2n) is 8.89. The van der Waals surface area contributed by atoms with Crippen LogP contribution in [0, 0.1) is 6.92 Å². The van der Waals surface area contributed by atoms with Crippen LogP contribution in [0.5, 0.6) is 0 Å². The smallest absolute Gasteiger partial charge is 0.321 e. The number of aromatic nitrogens is 1. The number of urea groups is 1. The first-order valence-corrected chi connectivity index (χ1v) is 12.2. The number of carbonyl (C=O) groups excluding carboxylic acids is 2. The minimum Gasteiger partial charge on any atom is -0.351 e. The molecule has 0 saturated carbocycles. The number of aryl methyl sites for hydroxylation is 1. The highest BCUT2D eigenvalue weighted by Crippen LogP contribution is 2.30. The van der Waals surface area contributed by atoms with E-state index in [4.69, 9.17) is 16.6 Å². The first-order valence-electron chi connectivity index (χ1n) is 11.8. The van der Waals surface area contributed by atoms with E-state index >= 15 is 0 Å². The molecule has 33 heavy (non-hydrogen) atoms. The van der Waals surface area contributed by atoms with E-state index in [2.05, 4.69) is 15.5 Å². The number of benzene rings is 1. The Balaban J connectivity index is 1.34. The maximum Gasteiger partial charge on any atom is 0.321 e. The minimum atomic E-state index is -0.132. The average molecular weight is 470 g/mol.